The fourth-order valence-electron chi connectivity index (χ4n) is 2.11. The topological polar surface area (TPSA) is 75.6 Å². The highest BCUT2D eigenvalue weighted by Gasteiger charge is 2.29. The van der Waals surface area contributed by atoms with Gasteiger partial charge in [-0.25, -0.2) is 4.39 Å². The summed E-state index contributed by atoms with van der Waals surface area (Å²) in [6.45, 7) is 4.81. The van der Waals surface area contributed by atoms with Crippen LogP contribution in [0.25, 0.3) is 0 Å². The third-order valence-electron chi connectivity index (χ3n) is 3.90. The van der Waals surface area contributed by atoms with Crippen molar-refractivity contribution in [2.24, 2.45) is 0 Å². The number of rotatable bonds is 6. The maximum Gasteiger partial charge on any atom is 0.313 e. The first-order chi connectivity index (χ1) is 11.7. The van der Waals surface area contributed by atoms with Crippen molar-refractivity contribution in [3.05, 3.63) is 59.9 Å². The molecule has 0 aliphatic carbocycles. The largest absolute Gasteiger partial charge is 0.481 e. The summed E-state index contributed by atoms with van der Waals surface area (Å²) in [5.74, 6) is -1.28. The number of hydrogen-bond donors (Lipinski definition) is 2. The number of hydrogen-bond acceptors (Lipinski definition) is 3. The molecule has 1 unspecified atom stereocenters. The molecule has 0 bridgehead atoms. The molecule has 2 N–H and O–H groups in total. The van der Waals surface area contributed by atoms with Gasteiger partial charge in [-0.2, -0.15) is 0 Å². The Labute approximate surface area is 145 Å². The number of aliphatic carboxylic acids is 1. The fourth-order valence-corrected chi connectivity index (χ4v) is 2.11. The quantitative estimate of drug-likeness (QED) is 0.839. The Morgan fingerprint density at radius 2 is 1.64 bits per heavy atom. The number of anilines is 1. The number of carbonyl (C=O) groups is 2. The van der Waals surface area contributed by atoms with Crippen molar-refractivity contribution in [1.82, 2.24) is 0 Å². The highest BCUT2D eigenvalue weighted by molar-refractivity contribution is 5.94. The molecule has 6 heteroatoms. The number of amides is 1. The molecule has 2 aromatic carbocycles. The third kappa shape index (κ3) is 4.56. The molecule has 2 aromatic rings. The van der Waals surface area contributed by atoms with E-state index in [0.29, 0.717) is 17.0 Å². The molecule has 0 saturated heterocycles. The normalized spacial score (nSPS) is 12.3. The molecular formula is C19H20FNO4. The Kier molecular flexibility index (Phi) is 5.41. The van der Waals surface area contributed by atoms with Gasteiger partial charge in [0.2, 0.25) is 0 Å². The highest BCUT2D eigenvalue weighted by Crippen LogP contribution is 2.25. The minimum Gasteiger partial charge on any atom is -0.481 e. The van der Waals surface area contributed by atoms with Crippen molar-refractivity contribution in [1.29, 1.82) is 0 Å². The summed E-state index contributed by atoms with van der Waals surface area (Å²) in [6, 6.07) is 12.0. The maximum absolute atomic E-state index is 12.9. The lowest BCUT2D eigenvalue weighted by Gasteiger charge is -2.20. The van der Waals surface area contributed by atoms with Crippen LogP contribution >= 0.6 is 0 Å². The lowest BCUT2D eigenvalue weighted by Crippen LogP contribution is -2.30. The maximum atomic E-state index is 12.9. The molecule has 0 aliphatic heterocycles. The molecule has 0 heterocycles. The van der Waals surface area contributed by atoms with Gasteiger partial charge >= 0.3 is 5.97 Å². The molecule has 0 radical (unpaired) electrons. The van der Waals surface area contributed by atoms with E-state index in [0.717, 1.165) is 0 Å². The predicted molar refractivity (Wildman–Crippen MR) is 92.2 cm³/mol. The first-order valence-electron chi connectivity index (χ1n) is 7.77. The van der Waals surface area contributed by atoms with Crippen LogP contribution < -0.4 is 10.1 Å². The van der Waals surface area contributed by atoms with E-state index in [9.17, 15) is 19.1 Å². The molecule has 1 atom stereocenters. The van der Waals surface area contributed by atoms with Crippen LogP contribution in [0.5, 0.6) is 5.75 Å². The van der Waals surface area contributed by atoms with Crippen LogP contribution in [-0.2, 0) is 15.0 Å². The zero-order chi connectivity index (χ0) is 18.6. The molecule has 0 saturated carbocycles. The van der Waals surface area contributed by atoms with Gasteiger partial charge in [-0.1, -0.05) is 12.1 Å². The second kappa shape index (κ2) is 7.34. The van der Waals surface area contributed by atoms with E-state index in [1.54, 1.807) is 45.0 Å². The summed E-state index contributed by atoms with van der Waals surface area (Å²) in [6.07, 6.45) is -0.777. The number of nitrogens with one attached hydrogen (secondary N) is 1. The second-order valence-corrected chi connectivity index (χ2v) is 6.21. The Hall–Kier alpha value is -2.89. The van der Waals surface area contributed by atoms with Crippen molar-refractivity contribution in [3.8, 4) is 5.75 Å². The fraction of sp³-hybridized carbons (Fsp3) is 0.263. The van der Waals surface area contributed by atoms with E-state index < -0.39 is 17.5 Å². The Balaban J connectivity index is 2.00. The molecule has 132 valence electrons. The Bertz CT molecular complexity index is 754. The standard InChI is InChI=1S/C19H20FNO4/c1-12(25-16-10-6-14(20)7-11-16)17(22)21-15-8-4-13(5-9-15)19(2,3)18(23)24/h4-12H,1-3H3,(H,21,22)(H,23,24). The first kappa shape index (κ1) is 18.4. The van der Waals surface area contributed by atoms with Crippen LogP contribution in [-0.4, -0.2) is 23.1 Å². The highest BCUT2D eigenvalue weighted by atomic mass is 19.1. The summed E-state index contributed by atoms with van der Waals surface area (Å²) < 4.78 is 18.3. The summed E-state index contributed by atoms with van der Waals surface area (Å²) >= 11 is 0. The number of carbonyl (C=O) groups excluding carboxylic acids is 1. The zero-order valence-corrected chi connectivity index (χ0v) is 14.2. The van der Waals surface area contributed by atoms with E-state index in [-0.39, 0.29) is 11.7 Å². The third-order valence-corrected chi connectivity index (χ3v) is 3.90. The van der Waals surface area contributed by atoms with Crippen molar-refractivity contribution < 1.29 is 23.8 Å². The van der Waals surface area contributed by atoms with Gasteiger partial charge in [-0.05, 0) is 62.7 Å². The SMILES string of the molecule is CC(Oc1ccc(F)cc1)C(=O)Nc1ccc(C(C)(C)C(=O)O)cc1. The Morgan fingerprint density at radius 1 is 1.08 bits per heavy atom. The van der Waals surface area contributed by atoms with Crippen LogP contribution in [0.2, 0.25) is 0 Å². The molecule has 5 nitrogen and oxygen atoms in total. The van der Waals surface area contributed by atoms with Gasteiger partial charge in [0.25, 0.3) is 5.91 Å². The van der Waals surface area contributed by atoms with Crippen LogP contribution in [0.1, 0.15) is 26.3 Å². The van der Waals surface area contributed by atoms with E-state index in [4.69, 9.17) is 4.74 Å². The lowest BCUT2D eigenvalue weighted by molar-refractivity contribution is -0.142. The van der Waals surface area contributed by atoms with Gasteiger partial charge in [0, 0.05) is 5.69 Å². The lowest BCUT2D eigenvalue weighted by atomic mass is 9.85. The monoisotopic (exact) mass is 345 g/mol. The van der Waals surface area contributed by atoms with Crippen LogP contribution in [0.15, 0.2) is 48.5 Å². The average molecular weight is 345 g/mol. The van der Waals surface area contributed by atoms with Crippen LogP contribution in [0, 0.1) is 5.82 Å². The summed E-state index contributed by atoms with van der Waals surface area (Å²) in [5, 5.41) is 11.9. The van der Waals surface area contributed by atoms with Gasteiger partial charge in [0.15, 0.2) is 6.10 Å². The molecule has 0 spiro atoms. The van der Waals surface area contributed by atoms with Crippen molar-refractivity contribution in [2.45, 2.75) is 32.3 Å². The molecule has 1 amide bonds. The van der Waals surface area contributed by atoms with Gasteiger partial charge in [0.1, 0.15) is 11.6 Å². The summed E-state index contributed by atoms with van der Waals surface area (Å²) in [7, 11) is 0. The van der Waals surface area contributed by atoms with Crippen molar-refractivity contribution in [2.75, 3.05) is 5.32 Å². The molecular weight excluding hydrogens is 325 g/mol. The number of benzene rings is 2. The van der Waals surface area contributed by atoms with Gasteiger partial charge in [-0.15, -0.1) is 0 Å². The number of halogens is 1. The smallest absolute Gasteiger partial charge is 0.313 e. The second-order valence-electron chi connectivity index (χ2n) is 6.21. The first-order valence-corrected chi connectivity index (χ1v) is 7.77. The van der Waals surface area contributed by atoms with Crippen molar-refractivity contribution >= 4 is 17.6 Å². The van der Waals surface area contributed by atoms with Gasteiger partial charge in [0.05, 0.1) is 5.41 Å². The number of carboxylic acids is 1. The minimum absolute atomic E-state index is 0.366. The molecule has 0 fully saturated rings. The van der Waals surface area contributed by atoms with Gasteiger partial charge < -0.3 is 15.2 Å². The van der Waals surface area contributed by atoms with Crippen molar-refractivity contribution in [3.63, 3.8) is 0 Å². The van der Waals surface area contributed by atoms with Gasteiger partial charge in [-0.3, -0.25) is 9.59 Å². The van der Waals surface area contributed by atoms with Crippen LogP contribution in [0.4, 0.5) is 10.1 Å². The molecule has 0 aliphatic rings. The van der Waals surface area contributed by atoms with E-state index in [2.05, 4.69) is 5.32 Å². The molecule has 2 rings (SSSR count). The zero-order valence-electron chi connectivity index (χ0n) is 14.2. The summed E-state index contributed by atoms with van der Waals surface area (Å²) in [4.78, 5) is 23.4. The Morgan fingerprint density at radius 3 is 2.16 bits per heavy atom. The average Bonchev–Trinajstić information content (AvgIpc) is 2.57. The summed E-state index contributed by atoms with van der Waals surface area (Å²) in [5.41, 5.74) is 0.153. The number of carboxylic acid groups (broad SMARTS) is 1. The van der Waals surface area contributed by atoms with E-state index >= 15 is 0 Å². The minimum atomic E-state index is -1.01. The van der Waals surface area contributed by atoms with E-state index in [1.807, 2.05) is 0 Å². The van der Waals surface area contributed by atoms with E-state index in [1.165, 1.54) is 24.3 Å². The predicted octanol–water partition coefficient (Wildman–Crippen LogP) is 3.59. The molecule has 0 aromatic heterocycles. The molecule has 25 heavy (non-hydrogen) atoms. The number of ether oxygens (including phenoxy) is 1. The van der Waals surface area contributed by atoms with Crippen LogP contribution in [0.3, 0.4) is 0 Å².